The molecule has 24 heavy (non-hydrogen) atoms. The minimum atomic E-state index is -2.98. The van der Waals surface area contributed by atoms with E-state index in [1.165, 1.54) is 25.3 Å². The molecule has 0 aromatic heterocycles. The van der Waals surface area contributed by atoms with Gasteiger partial charge >= 0.3 is 6.61 Å². The van der Waals surface area contributed by atoms with Gasteiger partial charge in [-0.2, -0.15) is 8.78 Å². The highest BCUT2D eigenvalue weighted by molar-refractivity contribution is 5.92. The zero-order valence-electron chi connectivity index (χ0n) is 13.9. The minimum absolute atomic E-state index is 0.0342. The van der Waals surface area contributed by atoms with E-state index in [-0.39, 0.29) is 29.6 Å². The molecule has 2 unspecified atom stereocenters. The van der Waals surface area contributed by atoms with Gasteiger partial charge in [-0.25, -0.2) is 0 Å². The monoisotopic (exact) mass is 341 g/mol. The van der Waals surface area contributed by atoms with Crippen LogP contribution in [0.25, 0.3) is 6.08 Å². The van der Waals surface area contributed by atoms with Crippen molar-refractivity contribution in [3.8, 4) is 11.5 Å². The standard InChI is InChI=1S/C17H21F2NO4/c1-11-10-23-12(2)9-20(11)15(21)8-7-13-5-4-6-14(22-3)16(13)24-17(18)19/h4-8,11-12,17H,9-10H2,1-3H3/b8-7+. The number of hydrogen-bond acceptors (Lipinski definition) is 4. The second-order valence-electron chi connectivity index (χ2n) is 5.57. The zero-order chi connectivity index (χ0) is 17.7. The van der Waals surface area contributed by atoms with Crippen molar-refractivity contribution in [3.05, 3.63) is 29.8 Å². The normalized spacial score (nSPS) is 21.3. The number of morpholine rings is 1. The number of amides is 1. The van der Waals surface area contributed by atoms with E-state index in [0.29, 0.717) is 18.7 Å². The highest BCUT2D eigenvalue weighted by Gasteiger charge is 2.26. The van der Waals surface area contributed by atoms with Gasteiger partial charge in [0.1, 0.15) is 0 Å². The highest BCUT2D eigenvalue weighted by atomic mass is 19.3. The topological polar surface area (TPSA) is 48.0 Å². The van der Waals surface area contributed by atoms with Gasteiger partial charge in [-0.1, -0.05) is 12.1 Å². The number of alkyl halides is 2. The van der Waals surface area contributed by atoms with E-state index in [4.69, 9.17) is 9.47 Å². The molecule has 5 nitrogen and oxygen atoms in total. The third-order valence-corrected chi connectivity index (χ3v) is 3.73. The summed E-state index contributed by atoms with van der Waals surface area (Å²) in [5, 5.41) is 0. The number of carbonyl (C=O) groups excluding carboxylic acids is 1. The lowest BCUT2D eigenvalue weighted by atomic mass is 10.1. The van der Waals surface area contributed by atoms with Crippen LogP contribution in [0.3, 0.4) is 0 Å². The van der Waals surface area contributed by atoms with Gasteiger partial charge in [0.2, 0.25) is 5.91 Å². The number of benzene rings is 1. The summed E-state index contributed by atoms with van der Waals surface area (Å²) in [5.74, 6) is -0.121. The van der Waals surface area contributed by atoms with E-state index in [1.54, 1.807) is 17.0 Å². The number of halogens is 2. The summed E-state index contributed by atoms with van der Waals surface area (Å²) in [5.41, 5.74) is 0.344. The van der Waals surface area contributed by atoms with E-state index < -0.39 is 6.61 Å². The molecule has 2 rings (SSSR count). The van der Waals surface area contributed by atoms with Crippen molar-refractivity contribution in [1.82, 2.24) is 4.90 Å². The lowest BCUT2D eigenvalue weighted by Crippen LogP contribution is -2.49. The largest absolute Gasteiger partial charge is 0.493 e. The van der Waals surface area contributed by atoms with Crippen molar-refractivity contribution in [2.45, 2.75) is 32.6 Å². The summed E-state index contributed by atoms with van der Waals surface area (Å²) in [6.45, 7) is 1.77. The lowest BCUT2D eigenvalue weighted by Gasteiger charge is -2.36. The Morgan fingerprint density at radius 1 is 1.42 bits per heavy atom. The first-order valence-corrected chi connectivity index (χ1v) is 7.64. The van der Waals surface area contributed by atoms with Crippen molar-refractivity contribution < 1.29 is 27.8 Å². The molecular weight excluding hydrogens is 320 g/mol. The fraction of sp³-hybridized carbons (Fsp3) is 0.471. The molecule has 0 N–H and O–H groups in total. The Hall–Kier alpha value is -2.15. The second kappa shape index (κ2) is 8.10. The third kappa shape index (κ3) is 4.44. The summed E-state index contributed by atoms with van der Waals surface area (Å²) >= 11 is 0. The predicted octanol–water partition coefficient (Wildman–Crippen LogP) is 2.95. The molecule has 2 atom stereocenters. The fourth-order valence-corrected chi connectivity index (χ4v) is 2.51. The zero-order valence-corrected chi connectivity index (χ0v) is 13.9. The summed E-state index contributed by atoms with van der Waals surface area (Å²) in [7, 11) is 1.36. The number of nitrogens with zero attached hydrogens (tertiary/aromatic N) is 1. The average molecular weight is 341 g/mol. The first kappa shape index (κ1) is 18.2. The molecule has 0 bridgehead atoms. The van der Waals surface area contributed by atoms with Crippen LogP contribution in [-0.4, -0.2) is 49.8 Å². The maximum absolute atomic E-state index is 12.6. The molecule has 7 heteroatoms. The van der Waals surface area contributed by atoms with Gasteiger partial charge in [0, 0.05) is 18.2 Å². The molecule has 1 aliphatic rings. The van der Waals surface area contributed by atoms with Crippen molar-refractivity contribution >= 4 is 12.0 Å². The van der Waals surface area contributed by atoms with Crippen LogP contribution < -0.4 is 9.47 Å². The molecule has 1 saturated heterocycles. The highest BCUT2D eigenvalue weighted by Crippen LogP contribution is 2.33. The smallest absolute Gasteiger partial charge is 0.387 e. The Morgan fingerprint density at radius 3 is 2.83 bits per heavy atom. The second-order valence-corrected chi connectivity index (χ2v) is 5.57. The lowest BCUT2D eigenvalue weighted by molar-refractivity contribution is -0.137. The molecule has 1 amide bonds. The SMILES string of the molecule is COc1cccc(/C=C/C(=O)N2CC(C)OCC2C)c1OC(F)F. The Labute approximate surface area is 139 Å². The molecule has 0 radical (unpaired) electrons. The van der Waals surface area contributed by atoms with Gasteiger partial charge in [0.05, 0.1) is 25.9 Å². The van der Waals surface area contributed by atoms with Gasteiger partial charge in [0.15, 0.2) is 11.5 Å². The summed E-state index contributed by atoms with van der Waals surface area (Å²) < 4.78 is 40.3. The van der Waals surface area contributed by atoms with Crippen molar-refractivity contribution in [2.75, 3.05) is 20.3 Å². The van der Waals surface area contributed by atoms with Crippen LogP contribution >= 0.6 is 0 Å². The Morgan fingerprint density at radius 2 is 2.17 bits per heavy atom. The Kier molecular flexibility index (Phi) is 6.14. The van der Waals surface area contributed by atoms with E-state index in [0.717, 1.165) is 0 Å². The number of methoxy groups -OCH3 is 1. The van der Waals surface area contributed by atoms with E-state index in [2.05, 4.69) is 4.74 Å². The molecule has 1 heterocycles. The number of ether oxygens (including phenoxy) is 3. The van der Waals surface area contributed by atoms with Gasteiger partial charge < -0.3 is 19.1 Å². The van der Waals surface area contributed by atoms with Crippen LogP contribution in [0.5, 0.6) is 11.5 Å². The van der Waals surface area contributed by atoms with E-state index in [9.17, 15) is 13.6 Å². The van der Waals surface area contributed by atoms with E-state index in [1.807, 2.05) is 13.8 Å². The molecule has 0 spiro atoms. The van der Waals surface area contributed by atoms with Crippen molar-refractivity contribution in [3.63, 3.8) is 0 Å². The number of hydrogen-bond donors (Lipinski definition) is 0. The van der Waals surface area contributed by atoms with Gasteiger partial charge in [0.25, 0.3) is 0 Å². The molecule has 1 aromatic rings. The summed E-state index contributed by atoms with van der Waals surface area (Å²) in [6.07, 6.45) is 2.77. The van der Waals surface area contributed by atoms with Crippen LogP contribution in [0.4, 0.5) is 8.78 Å². The minimum Gasteiger partial charge on any atom is -0.493 e. The van der Waals surface area contributed by atoms with Gasteiger partial charge in [-0.05, 0) is 26.0 Å². The number of para-hydroxylation sites is 1. The molecule has 0 aliphatic carbocycles. The quantitative estimate of drug-likeness (QED) is 0.773. The maximum Gasteiger partial charge on any atom is 0.387 e. The Bertz CT molecular complexity index is 606. The summed E-state index contributed by atoms with van der Waals surface area (Å²) in [4.78, 5) is 14.1. The van der Waals surface area contributed by atoms with Gasteiger partial charge in [-0.3, -0.25) is 4.79 Å². The first-order valence-electron chi connectivity index (χ1n) is 7.64. The molecule has 1 fully saturated rings. The third-order valence-electron chi connectivity index (χ3n) is 3.73. The molecular formula is C17H21F2NO4. The van der Waals surface area contributed by atoms with Crippen LogP contribution in [0.15, 0.2) is 24.3 Å². The van der Waals surface area contributed by atoms with Crippen LogP contribution in [0, 0.1) is 0 Å². The average Bonchev–Trinajstić information content (AvgIpc) is 2.55. The van der Waals surface area contributed by atoms with E-state index >= 15 is 0 Å². The summed E-state index contributed by atoms with van der Waals surface area (Å²) in [6, 6.07) is 4.69. The van der Waals surface area contributed by atoms with Crippen LogP contribution in [0.2, 0.25) is 0 Å². The predicted molar refractivity (Wildman–Crippen MR) is 85.2 cm³/mol. The van der Waals surface area contributed by atoms with Crippen molar-refractivity contribution in [2.24, 2.45) is 0 Å². The molecule has 1 aliphatic heterocycles. The number of rotatable bonds is 5. The van der Waals surface area contributed by atoms with Gasteiger partial charge in [-0.15, -0.1) is 0 Å². The first-order chi connectivity index (χ1) is 11.4. The van der Waals surface area contributed by atoms with Crippen LogP contribution in [-0.2, 0) is 9.53 Å². The fourth-order valence-electron chi connectivity index (χ4n) is 2.51. The van der Waals surface area contributed by atoms with Crippen LogP contribution in [0.1, 0.15) is 19.4 Å². The van der Waals surface area contributed by atoms with Crippen molar-refractivity contribution in [1.29, 1.82) is 0 Å². The molecule has 1 aromatic carbocycles. The molecule has 0 saturated carbocycles. The Balaban J connectivity index is 2.20. The maximum atomic E-state index is 12.6. The number of carbonyl (C=O) groups is 1. The molecule has 132 valence electrons.